The summed E-state index contributed by atoms with van der Waals surface area (Å²) in [6, 6.07) is 3.76. The van der Waals surface area contributed by atoms with E-state index in [1.807, 2.05) is 26.0 Å². The number of hydrogen-bond donors (Lipinski definition) is 2. The molecular weight excluding hydrogens is 258 g/mol. The van der Waals surface area contributed by atoms with Crippen LogP contribution in [0.25, 0.3) is 0 Å². The highest BCUT2D eigenvalue weighted by Crippen LogP contribution is 2.31. The monoisotopic (exact) mass is 273 g/mol. The van der Waals surface area contributed by atoms with Gasteiger partial charge in [-0.1, -0.05) is 15.9 Å². The molecule has 0 aliphatic heterocycles. The predicted octanol–water partition coefficient (Wildman–Crippen LogP) is 2.15. The van der Waals surface area contributed by atoms with Crippen LogP contribution in [0.5, 0.6) is 5.75 Å². The zero-order chi connectivity index (χ0) is 11.4. The maximum atomic E-state index is 9.73. The first-order chi connectivity index (χ1) is 7.10. The Morgan fingerprint density at radius 2 is 2.20 bits per heavy atom. The lowest BCUT2D eigenvalue weighted by atomic mass is 10.1. The Hall–Kier alpha value is -0.580. The fraction of sp³-hybridized carbons (Fsp3) is 0.455. The number of halogens is 1. The third kappa shape index (κ3) is 2.93. The number of nitrogens with two attached hydrogens (primary N) is 1. The molecule has 84 valence electrons. The zero-order valence-corrected chi connectivity index (χ0v) is 10.5. The van der Waals surface area contributed by atoms with E-state index in [2.05, 4.69) is 15.9 Å². The van der Waals surface area contributed by atoms with Crippen LogP contribution in [0, 0.1) is 6.92 Å². The Labute approximate surface area is 98.4 Å². The minimum atomic E-state index is -0.677. The van der Waals surface area contributed by atoms with Crippen molar-refractivity contribution >= 4 is 15.9 Å². The first kappa shape index (κ1) is 12.5. The lowest BCUT2D eigenvalue weighted by Crippen LogP contribution is -2.13. The normalized spacial score (nSPS) is 12.6. The fourth-order valence-electron chi connectivity index (χ4n) is 1.34. The van der Waals surface area contributed by atoms with Gasteiger partial charge in [0.15, 0.2) is 0 Å². The van der Waals surface area contributed by atoms with Gasteiger partial charge >= 0.3 is 0 Å². The Morgan fingerprint density at radius 3 is 2.73 bits per heavy atom. The van der Waals surface area contributed by atoms with E-state index >= 15 is 0 Å². The molecule has 0 spiro atoms. The second kappa shape index (κ2) is 5.49. The van der Waals surface area contributed by atoms with Gasteiger partial charge in [0.1, 0.15) is 5.75 Å². The number of ether oxygens (including phenoxy) is 1. The van der Waals surface area contributed by atoms with E-state index in [0.29, 0.717) is 12.4 Å². The summed E-state index contributed by atoms with van der Waals surface area (Å²) in [5, 5.41) is 9.73. The highest BCUT2D eigenvalue weighted by Gasteiger charge is 2.13. The molecule has 1 unspecified atom stereocenters. The van der Waals surface area contributed by atoms with Crippen LogP contribution in [0.15, 0.2) is 16.6 Å². The van der Waals surface area contributed by atoms with Crippen LogP contribution in [-0.2, 0) is 0 Å². The van der Waals surface area contributed by atoms with Crippen molar-refractivity contribution in [2.24, 2.45) is 5.73 Å². The van der Waals surface area contributed by atoms with Crippen LogP contribution in [0.1, 0.15) is 24.2 Å². The van der Waals surface area contributed by atoms with E-state index in [0.717, 1.165) is 15.6 Å². The molecular formula is C11H16BrNO2. The van der Waals surface area contributed by atoms with Gasteiger partial charge in [0.05, 0.1) is 12.7 Å². The Kier molecular flexibility index (Phi) is 4.57. The Balaban J connectivity index is 3.15. The van der Waals surface area contributed by atoms with E-state index in [4.69, 9.17) is 10.5 Å². The summed E-state index contributed by atoms with van der Waals surface area (Å²) >= 11 is 3.42. The number of aliphatic hydroxyl groups is 1. The molecule has 15 heavy (non-hydrogen) atoms. The van der Waals surface area contributed by atoms with Crippen LogP contribution in [0.3, 0.4) is 0 Å². The van der Waals surface area contributed by atoms with Crippen molar-refractivity contribution in [3.63, 3.8) is 0 Å². The van der Waals surface area contributed by atoms with Crippen molar-refractivity contribution in [2.75, 3.05) is 13.2 Å². The minimum absolute atomic E-state index is 0.190. The summed E-state index contributed by atoms with van der Waals surface area (Å²) in [5.41, 5.74) is 7.24. The van der Waals surface area contributed by atoms with Gasteiger partial charge in [0, 0.05) is 16.6 Å². The largest absolute Gasteiger partial charge is 0.493 e. The molecule has 0 aliphatic carbocycles. The lowest BCUT2D eigenvalue weighted by Gasteiger charge is -2.16. The van der Waals surface area contributed by atoms with Gasteiger partial charge in [-0.15, -0.1) is 0 Å². The van der Waals surface area contributed by atoms with Gasteiger partial charge in [-0.2, -0.15) is 0 Å². The Bertz CT molecular complexity index is 342. The molecule has 0 amide bonds. The number of rotatable bonds is 4. The molecule has 1 aromatic rings. The number of aliphatic hydroxyl groups excluding tert-OH is 1. The highest BCUT2D eigenvalue weighted by molar-refractivity contribution is 9.10. The molecule has 0 heterocycles. The van der Waals surface area contributed by atoms with Gasteiger partial charge in [-0.05, 0) is 31.5 Å². The molecule has 0 fully saturated rings. The summed E-state index contributed by atoms with van der Waals surface area (Å²) in [6.45, 7) is 4.65. The maximum Gasteiger partial charge on any atom is 0.125 e. The van der Waals surface area contributed by atoms with E-state index in [1.165, 1.54) is 0 Å². The minimum Gasteiger partial charge on any atom is -0.493 e. The Morgan fingerprint density at radius 1 is 1.53 bits per heavy atom. The van der Waals surface area contributed by atoms with Crippen molar-refractivity contribution in [3.05, 3.63) is 27.7 Å². The van der Waals surface area contributed by atoms with Crippen LogP contribution < -0.4 is 10.5 Å². The van der Waals surface area contributed by atoms with Gasteiger partial charge in [-0.25, -0.2) is 0 Å². The SMILES string of the molecule is CCOc1cc(C)c(Br)cc1C(O)CN. The van der Waals surface area contributed by atoms with E-state index in [-0.39, 0.29) is 6.54 Å². The lowest BCUT2D eigenvalue weighted by molar-refractivity contribution is 0.180. The molecule has 4 heteroatoms. The second-order valence-corrected chi connectivity index (χ2v) is 4.18. The summed E-state index contributed by atoms with van der Waals surface area (Å²) in [4.78, 5) is 0. The fourth-order valence-corrected chi connectivity index (χ4v) is 1.70. The zero-order valence-electron chi connectivity index (χ0n) is 8.96. The molecule has 1 aromatic carbocycles. The standard InChI is InChI=1S/C11H16BrNO2/c1-3-15-11-4-7(2)9(12)5-8(11)10(14)6-13/h4-5,10,14H,3,6,13H2,1-2H3. The van der Waals surface area contributed by atoms with Crippen LogP contribution in [0.4, 0.5) is 0 Å². The molecule has 0 saturated heterocycles. The van der Waals surface area contributed by atoms with Crippen LogP contribution >= 0.6 is 15.9 Å². The molecule has 3 nitrogen and oxygen atoms in total. The summed E-state index contributed by atoms with van der Waals surface area (Å²) in [6.07, 6.45) is -0.677. The van der Waals surface area contributed by atoms with E-state index < -0.39 is 6.10 Å². The van der Waals surface area contributed by atoms with Crippen LogP contribution in [-0.4, -0.2) is 18.3 Å². The quantitative estimate of drug-likeness (QED) is 0.884. The molecule has 0 radical (unpaired) electrons. The van der Waals surface area contributed by atoms with Crippen molar-refractivity contribution in [1.82, 2.24) is 0 Å². The number of hydrogen-bond acceptors (Lipinski definition) is 3. The van der Waals surface area contributed by atoms with Gasteiger partial charge < -0.3 is 15.6 Å². The van der Waals surface area contributed by atoms with Crippen molar-refractivity contribution < 1.29 is 9.84 Å². The summed E-state index contributed by atoms with van der Waals surface area (Å²) in [7, 11) is 0. The van der Waals surface area contributed by atoms with Crippen LogP contribution in [0.2, 0.25) is 0 Å². The molecule has 0 aromatic heterocycles. The van der Waals surface area contributed by atoms with Crippen molar-refractivity contribution in [1.29, 1.82) is 0 Å². The maximum absolute atomic E-state index is 9.73. The number of aryl methyl sites for hydroxylation is 1. The number of benzene rings is 1. The third-order valence-electron chi connectivity index (χ3n) is 2.17. The topological polar surface area (TPSA) is 55.5 Å². The first-order valence-electron chi connectivity index (χ1n) is 4.91. The molecule has 0 aliphatic rings. The average Bonchev–Trinajstić information content (AvgIpc) is 2.22. The highest BCUT2D eigenvalue weighted by atomic mass is 79.9. The van der Waals surface area contributed by atoms with Gasteiger partial charge in [0.25, 0.3) is 0 Å². The van der Waals surface area contributed by atoms with E-state index in [1.54, 1.807) is 0 Å². The molecule has 3 N–H and O–H groups in total. The summed E-state index contributed by atoms with van der Waals surface area (Å²) < 4.78 is 6.41. The molecule has 1 atom stereocenters. The smallest absolute Gasteiger partial charge is 0.125 e. The second-order valence-electron chi connectivity index (χ2n) is 3.32. The van der Waals surface area contributed by atoms with Gasteiger partial charge in [-0.3, -0.25) is 0 Å². The first-order valence-corrected chi connectivity index (χ1v) is 5.70. The average molecular weight is 274 g/mol. The van der Waals surface area contributed by atoms with Crippen molar-refractivity contribution in [2.45, 2.75) is 20.0 Å². The molecule has 0 bridgehead atoms. The predicted molar refractivity (Wildman–Crippen MR) is 64.1 cm³/mol. The van der Waals surface area contributed by atoms with Gasteiger partial charge in [0.2, 0.25) is 0 Å². The molecule has 1 rings (SSSR count). The van der Waals surface area contributed by atoms with E-state index in [9.17, 15) is 5.11 Å². The molecule has 0 saturated carbocycles. The van der Waals surface area contributed by atoms with Crippen molar-refractivity contribution in [3.8, 4) is 5.75 Å². The summed E-state index contributed by atoms with van der Waals surface area (Å²) in [5.74, 6) is 0.705. The third-order valence-corrected chi connectivity index (χ3v) is 3.03.